The maximum atomic E-state index is 12.1. The molecule has 0 aliphatic heterocycles. The fourth-order valence-electron chi connectivity index (χ4n) is 1.47. The summed E-state index contributed by atoms with van der Waals surface area (Å²) >= 11 is 0. The molecule has 0 amide bonds. The Bertz CT molecular complexity index is 877. The van der Waals surface area contributed by atoms with Gasteiger partial charge in [-0.1, -0.05) is 6.07 Å². The third kappa shape index (κ3) is 4.27. The van der Waals surface area contributed by atoms with Gasteiger partial charge in [-0.2, -0.15) is 10.5 Å². The van der Waals surface area contributed by atoms with Crippen molar-refractivity contribution in [3.63, 3.8) is 0 Å². The zero-order valence-electron chi connectivity index (χ0n) is 11.6. The average molecular weight is 325 g/mol. The van der Waals surface area contributed by atoms with Crippen molar-refractivity contribution in [2.45, 2.75) is 4.90 Å². The highest BCUT2D eigenvalue weighted by Gasteiger charge is 2.11. The molecule has 23 heavy (non-hydrogen) atoms. The lowest BCUT2D eigenvalue weighted by molar-refractivity contribution is 0.603. The van der Waals surface area contributed by atoms with Gasteiger partial charge in [0.25, 0.3) is 0 Å². The molecule has 0 aliphatic carbocycles. The van der Waals surface area contributed by atoms with Crippen LogP contribution in [0.2, 0.25) is 0 Å². The second-order valence-corrected chi connectivity index (χ2v) is 5.67. The average Bonchev–Trinajstić information content (AvgIpc) is 2.57. The summed E-state index contributed by atoms with van der Waals surface area (Å²) in [5.41, 5.74) is 0.417. The first-order valence-corrected chi connectivity index (χ1v) is 7.61. The van der Waals surface area contributed by atoms with Crippen LogP contribution in [0, 0.1) is 22.7 Å². The smallest absolute Gasteiger partial charge is 0.229 e. The molecule has 0 atom stereocenters. The van der Waals surface area contributed by atoms with Crippen molar-refractivity contribution in [3.8, 4) is 12.1 Å². The largest absolute Gasteiger partial charge is 0.366 e. The molecule has 2 aromatic rings. The molecule has 1 aromatic carbocycles. The van der Waals surface area contributed by atoms with Gasteiger partial charge in [0.15, 0.2) is 0 Å². The van der Waals surface area contributed by atoms with Crippen molar-refractivity contribution < 1.29 is 8.42 Å². The van der Waals surface area contributed by atoms with Crippen molar-refractivity contribution in [3.05, 3.63) is 59.2 Å². The fraction of sp³-hybridized carbons (Fsp3) is 0. The minimum Gasteiger partial charge on any atom is -0.366 e. The number of sulfonamides is 1. The monoisotopic (exact) mass is 325 g/mol. The quantitative estimate of drug-likeness (QED) is 0.833. The van der Waals surface area contributed by atoms with Crippen molar-refractivity contribution in [2.75, 3.05) is 5.32 Å². The van der Waals surface area contributed by atoms with Gasteiger partial charge >= 0.3 is 0 Å². The van der Waals surface area contributed by atoms with Crippen LogP contribution >= 0.6 is 0 Å². The summed E-state index contributed by atoms with van der Waals surface area (Å²) in [6.07, 6.45) is 4.01. The number of allylic oxidation sites excluding steroid dienone is 1. The molecule has 1 aromatic heterocycles. The Morgan fingerprint density at radius 3 is 2.30 bits per heavy atom. The minimum atomic E-state index is -3.92. The highest BCUT2D eigenvalue weighted by molar-refractivity contribution is 7.94. The van der Waals surface area contributed by atoms with E-state index in [9.17, 15) is 8.42 Å². The first-order chi connectivity index (χ1) is 11.0. The Balaban J connectivity index is 2.15. The lowest BCUT2D eigenvalue weighted by Gasteiger charge is -2.12. The molecule has 0 fully saturated rings. The van der Waals surface area contributed by atoms with E-state index in [0.29, 0.717) is 5.69 Å². The van der Waals surface area contributed by atoms with Gasteiger partial charge in [0.05, 0.1) is 4.90 Å². The molecule has 0 radical (unpaired) electrons. The van der Waals surface area contributed by atoms with E-state index in [1.807, 2.05) is 0 Å². The first-order valence-electron chi connectivity index (χ1n) is 6.17. The molecule has 0 aliphatic rings. The predicted octanol–water partition coefficient (Wildman–Crippen LogP) is 2.21. The molecule has 2 rings (SSSR count). The molecule has 0 saturated heterocycles. The second kappa shape index (κ2) is 7.02. The molecule has 1 heterocycles. The SMILES string of the molecule is N#CC(C#N)=CNc1ccc(S(=O)(=O)[N-]c2ncccn2)cc1. The van der Waals surface area contributed by atoms with Crippen LogP contribution in [-0.4, -0.2) is 18.4 Å². The van der Waals surface area contributed by atoms with Crippen molar-refractivity contribution >= 4 is 21.7 Å². The van der Waals surface area contributed by atoms with Crippen molar-refractivity contribution in [1.29, 1.82) is 10.5 Å². The number of nitrogens with zero attached hydrogens (tertiary/aromatic N) is 5. The number of aromatic nitrogens is 2. The molecule has 0 unspecified atom stereocenters. The van der Waals surface area contributed by atoms with Crippen LogP contribution in [-0.2, 0) is 10.0 Å². The normalized spacial score (nSPS) is 10.0. The highest BCUT2D eigenvalue weighted by atomic mass is 32.2. The van der Waals surface area contributed by atoms with E-state index in [1.54, 1.807) is 18.2 Å². The molecule has 114 valence electrons. The molecule has 1 N–H and O–H groups in total. The van der Waals surface area contributed by atoms with Gasteiger partial charge in [0, 0.05) is 17.8 Å². The Labute approximate surface area is 132 Å². The number of hydrogen-bond acceptors (Lipinski definition) is 7. The van der Waals surface area contributed by atoms with E-state index < -0.39 is 10.0 Å². The van der Waals surface area contributed by atoms with E-state index >= 15 is 0 Å². The number of rotatable bonds is 5. The summed E-state index contributed by atoms with van der Waals surface area (Å²) in [5, 5.41) is 19.9. The van der Waals surface area contributed by atoms with Crippen LogP contribution < -0.4 is 5.32 Å². The van der Waals surface area contributed by atoms with Gasteiger partial charge in [-0.15, -0.1) is 0 Å². The van der Waals surface area contributed by atoms with Gasteiger partial charge in [-0.3, -0.25) is 4.72 Å². The highest BCUT2D eigenvalue weighted by Crippen LogP contribution is 2.24. The third-order valence-corrected chi connectivity index (χ3v) is 3.80. The lowest BCUT2D eigenvalue weighted by atomic mass is 10.3. The van der Waals surface area contributed by atoms with Gasteiger partial charge in [-0.25, -0.2) is 8.42 Å². The summed E-state index contributed by atoms with van der Waals surface area (Å²) < 4.78 is 27.7. The summed E-state index contributed by atoms with van der Waals surface area (Å²) in [7, 11) is -3.92. The summed E-state index contributed by atoms with van der Waals surface area (Å²) in [4.78, 5) is 7.45. The fourth-order valence-corrected chi connectivity index (χ4v) is 2.36. The standard InChI is InChI=1S/C14H9N6O2S/c15-8-11(9-16)10-19-12-2-4-13(5-3-12)23(21,22)20-14-17-6-1-7-18-14/h1-7,10,19H/q-1. The topological polar surface area (TPSA) is 134 Å². The summed E-state index contributed by atoms with van der Waals surface area (Å²) in [6.45, 7) is 0. The summed E-state index contributed by atoms with van der Waals surface area (Å²) in [6, 6.07) is 10.6. The first kappa shape index (κ1) is 15.9. The van der Waals surface area contributed by atoms with E-state index in [-0.39, 0.29) is 16.4 Å². The molecule has 9 heteroatoms. The van der Waals surface area contributed by atoms with E-state index in [4.69, 9.17) is 10.5 Å². The predicted molar refractivity (Wildman–Crippen MR) is 81.6 cm³/mol. The molecule has 0 saturated carbocycles. The lowest BCUT2D eigenvalue weighted by Crippen LogP contribution is -1.99. The third-order valence-electron chi connectivity index (χ3n) is 2.53. The summed E-state index contributed by atoms with van der Waals surface area (Å²) in [5.74, 6) is -0.148. The Morgan fingerprint density at radius 1 is 1.13 bits per heavy atom. The number of nitrogens with one attached hydrogen (secondary N) is 1. The van der Waals surface area contributed by atoms with Crippen LogP contribution in [0.25, 0.3) is 4.72 Å². The number of anilines is 1. The Hall–Kier alpha value is -3.43. The molecule has 0 spiro atoms. The molecular weight excluding hydrogens is 316 g/mol. The van der Waals surface area contributed by atoms with Crippen LogP contribution in [0.3, 0.4) is 0 Å². The molecular formula is C14H9N6O2S-. The Morgan fingerprint density at radius 2 is 1.74 bits per heavy atom. The van der Waals surface area contributed by atoms with Crippen LogP contribution in [0.5, 0.6) is 0 Å². The van der Waals surface area contributed by atoms with Crippen LogP contribution in [0.1, 0.15) is 0 Å². The Kier molecular flexibility index (Phi) is 4.87. The van der Waals surface area contributed by atoms with Crippen LogP contribution in [0.4, 0.5) is 11.6 Å². The zero-order chi connectivity index (χ0) is 16.7. The number of benzene rings is 1. The van der Waals surface area contributed by atoms with Crippen molar-refractivity contribution in [2.24, 2.45) is 0 Å². The zero-order valence-corrected chi connectivity index (χ0v) is 12.4. The van der Waals surface area contributed by atoms with E-state index in [0.717, 1.165) is 0 Å². The number of nitriles is 2. The van der Waals surface area contributed by atoms with E-state index in [2.05, 4.69) is 20.0 Å². The van der Waals surface area contributed by atoms with Crippen LogP contribution in [0.15, 0.2) is 59.4 Å². The van der Waals surface area contributed by atoms with Crippen molar-refractivity contribution in [1.82, 2.24) is 9.97 Å². The van der Waals surface area contributed by atoms with Gasteiger partial charge < -0.3 is 15.3 Å². The van der Waals surface area contributed by atoms with Gasteiger partial charge in [0.2, 0.25) is 10.0 Å². The van der Waals surface area contributed by atoms with Gasteiger partial charge in [0.1, 0.15) is 17.7 Å². The minimum absolute atomic E-state index is 0.0275. The maximum Gasteiger partial charge on any atom is 0.229 e. The number of hydrogen-bond donors (Lipinski definition) is 1. The molecule has 0 bridgehead atoms. The van der Waals surface area contributed by atoms with E-state index in [1.165, 1.54) is 42.9 Å². The second-order valence-electron chi connectivity index (χ2n) is 4.07. The molecule has 8 nitrogen and oxygen atoms in total. The van der Waals surface area contributed by atoms with Gasteiger partial charge in [-0.05, 0) is 36.7 Å². The maximum absolute atomic E-state index is 12.1.